The molecule has 1 N–H and O–H groups in total. The zero-order valence-electron chi connectivity index (χ0n) is 10.4. The highest BCUT2D eigenvalue weighted by Gasteiger charge is 2.09. The van der Waals surface area contributed by atoms with Crippen LogP contribution < -0.4 is 0 Å². The van der Waals surface area contributed by atoms with Crippen LogP contribution in [0.3, 0.4) is 0 Å². The molecule has 0 spiro atoms. The number of benzene rings is 1. The predicted molar refractivity (Wildman–Crippen MR) is 68.4 cm³/mol. The number of hydrogen-bond donors (Lipinski definition) is 1. The molecule has 0 atom stereocenters. The van der Waals surface area contributed by atoms with Crippen molar-refractivity contribution in [3.63, 3.8) is 0 Å². The van der Waals surface area contributed by atoms with Gasteiger partial charge in [0, 0.05) is 23.1 Å². The van der Waals surface area contributed by atoms with E-state index in [1.807, 2.05) is 6.92 Å². The van der Waals surface area contributed by atoms with Gasteiger partial charge in [-0.2, -0.15) is 0 Å². The Hall–Kier alpha value is -1.77. The van der Waals surface area contributed by atoms with Crippen LogP contribution in [0.5, 0.6) is 0 Å². The minimum atomic E-state index is -0.754. The van der Waals surface area contributed by atoms with Crippen molar-refractivity contribution in [1.29, 1.82) is 0 Å². The van der Waals surface area contributed by atoms with Crippen molar-refractivity contribution < 1.29 is 9.90 Å². The SMILES string of the molecule is Cc1cc(C)c2cc(C)n(CCC(=O)O)c2c1. The van der Waals surface area contributed by atoms with E-state index < -0.39 is 5.97 Å². The van der Waals surface area contributed by atoms with Gasteiger partial charge in [-0.05, 0) is 44.0 Å². The van der Waals surface area contributed by atoms with E-state index in [0.29, 0.717) is 6.54 Å². The lowest BCUT2D eigenvalue weighted by Gasteiger charge is -2.07. The van der Waals surface area contributed by atoms with Crippen molar-refractivity contribution >= 4 is 16.9 Å². The van der Waals surface area contributed by atoms with Gasteiger partial charge in [0.15, 0.2) is 0 Å². The van der Waals surface area contributed by atoms with Gasteiger partial charge in [0.1, 0.15) is 0 Å². The number of carboxylic acids is 1. The molecule has 0 aliphatic heterocycles. The van der Waals surface area contributed by atoms with Crippen molar-refractivity contribution in [2.24, 2.45) is 0 Å². The number of hydrogen-bond acceptors (Lipinski definition) is 1. The summed E-state index contributed by atoms with van der Waals surface area (Å²) in [6.07, 6.45) is 0.164. The number of nitrogens with zero attached hydrogens (tertiary/aromatic N) is 1. The molecule has 1 aromatic heterocycles. The Kier molecular flexibility index (Phi) is 2.92. The maximum Gasteiger partial charge on any atom is 0.305 e. The molecular weight excluding hydrogens is 214 g/mol. The molecule has 0 unspecified atom stereocenters. The lowest BCUT2D eigenvalue weighted by atomic mass is 10.1. The van der Waals surface area contributed by atoms with Crippen LogP contribution >= 0.6 is 0 Å². The molecule has 2 rings (SSSR count). The van der Waals surface area contributed by atoms with Crippen LogP contribution in [0.25, 0.3) is 10.9 Å². The number of aromatic nitrogens is 1. The molecule has 0 saturated carbocycles. The minimum Gasteiger partial charge on any atom is -0.481 e. The molecule has 0 amide bonds. The molecule has 0 radical (unpaired) electrons. The second-order valence-corrected chi connectivity index (χ2v) is 4.60. The molecule has 2 aromatic rings. The summed E-state index contributed by atoms with van der Waals surface area (Å²) in [7, 11) is 0. The molecule has 1 aromatic carbocycles. The second kappa shape index (κ2) is 4.24. The van der Waals surface area contributed by atoms with E-state index in [0.717, 1.165) is 11.2 Å². The number of carboxylic acid groups (broad SMARTS) is 1. The third-order valence-electron chi connectivity index (χ3n) is 3.13. The second-order valence-electron chi connectivity index (χ2n) is 4.60. The number of aliphatic carboxylic acids is 1. The van der Waals surface area contributed by atoms with Gasteiger partial charge in [-0.3, -0.25) is 4.79 Å². The average molecular weight is 231 g/mol. The molecule has 90 valence electrons. The number of aryl methyl sites for hydroxylation is 4. The first-order valence-electron chi connectivity index (χ1n) is 5.78. The normalized spacial score (nSPS) is 11.0. The van der Waals surface area contributed by atoms with Crippen molar-refractivity contribution in [1.82, 2.24) is 4.57 Å². The standard InChI is InChI=1S/C14H17NO2/c1-9-6-10(2)12-8-11(3)15(13(12)7-9)5-4-14(16)17/h6-8H,4-5H2,1-3H3,(H,16,17). The zero-order valence-corrected chi connectivity index (χ0v) is 10.4. The van der Waals surface area contributed by atoms with Crippen LogP contribution in [-0.2, 0) is 11.3 Å². The lowest BCUT2D eigenvalue weighted by Crippen LogP contribution is -2.05. The van der Waals surface area contributed by atoms with Crippen LogP contribution in [0, 0.1) is 20.8 Å². The summed E-state index contributed by atoms with van der Waals surface area (Å²) in [5.74, 6) is -0.754. The Morgan fingerprint density at radius 2 is 1.94 bits per heavy atom. The van der Waals surface area contributed by atoms with E-state index in [2.05, 4.69) is 36.6 Å². The Bertz CT molecular complexity index is 581. The van der Waals surface area contributed by atoms with Crippen molar-refractivity contribution in [2.45, 2.75) is 33.7 Å². The topological polar surface area (TPSA) is 42.2 Å². The summed E-state index contributed by atoms with van der Waals surface area (Å²) in [5.41, 5.74) is 4.72. The Morgan fingerprint density at radius 3 is 2.59 bits per heavy atom. The van der Waals surface area contributed by atoms with E-state index in [-0.39, 0.29) is 6.42 Å². The smallest absolute Gasteiger partial charge is 0.305 e. The lowest BCUT2D eigenvalue weighted by molar-refractivity contribution is -0.137. The first-order chi connectivity index (χ1) is 7.99. The first kappa shape index (κ1) is 11.7. The maximum atomic E-state index is 10.7. The molecule has 3 heteroatoms. The Labute approximate surface area is 101 Å². The molecule has 0 bridgehead atoms. The first-order valence-corrected chi connectivity index (χ1v) is 5.78. The van der Waals surface area contributed by atoms with E-state index in [1.165, 1.54) is 16.5 Å². The molecule has 0 aliphatic carbocycles. The predicted octanol–water partition coefficient (Wildman–Crippen LogP) is 3.04. The fourth-order valence-corrected chi connectivity index (χ4v) is 2.35. The van der Waals surface area contributed by atoms with Crippen LogP contribution in [0.2, 0.25) is 0 Å². The third-order valence-corrected chi connectivity index (χ3v) is 3.13. The fourth-order valence-electron chi connectivity index (χ4n) is 2.35. The molecular formula is C14H17NO2. The van der Waals surface area contributed by atoms with Gasteiger partial charge in [-0.1, -0.05) is 6.07 Å². The van der Waals surface area contributed by atoms with Gasteiger partial charge in [-0.15, -0.1) is 0 Å². The van der Waals surface area contributed by atoms with Crippen molar-refractivity contribution in [3.05, 3.63) is 35.0 Å². The van der Waals surface area contributed by atoms with Crippen LogP contribution in [0.15, 0.2) is 18.2 Å². The van der Waals surface area contributed by atoms with Crippen LogP contribution in [-0.4, -0.2) is 15.6 Å². The number of fused-ring (bicyclic) bond motifs is 1. The van der Waals surface area contributed by atoms with Crippen molar-refractivity contribution in [2.75, 3.05) is 0 Å². The van der Waals surface area contributed by atoms with Crippen molar-refractivity contribution in [3.8, 4) is 0 Å². The van der Waals surface area contributed by atoms with Gasteiger partial charge in [0.25, 0.3) is 0 Å². The molecule has 3 nitrogen and oxygen atoms in total. The summed E-state index contributed by atoms with van der Waals surface area (Å²) in [6.45, 7) is 6.72. The molecule has 0 fully saturated rings. The number of carbonyl (C=O) groups is 1. The van der Waals surface area contributed by atoms with Gasteiger partial charge in [0.2, 0.25) is 0 Å². The summed E-state index contributed by atoms with van der Waals surface area (Å²) in [5, 5.41) is 9.99. The highest BCUT2D eigenvalue weighted by molar-refractivity contribution is 5.85. The monoisotopic (exact) mass is 231 g/mol. The molecule has 0 saturated heterocycles. The summed E-state index contributed by atoms with van der Waals surface area (Å²) in [4.78, 5) is 10.7. The molecule has 1 heterocycles. The Balaban J connectivity index is 2.54. The number of rotatable bonds is 3. The minimum absolute atomic E-state index is 0.164. The molecule has 0 aliphatic rings. The Morgan fingerprint density at radius 1 is 1.24 bits per heavy atom. The van der Waals surface area contributed by atoms with Crippen LogP contribution in [0.1, 0.15) is 23.2 Å². The third kappa shape index (κ3) is 2.18. The van der Waals surface area contributed by atoms with E-state index >= 15 is 0 Å². The van der Waals surface area contributed by atoms with Gasteiger partial charge < -0.3 is 9.67 Å². The summed E-state index contributed by atoms with van der Waals surface area (Å²) >= 11 is 0. The average Bonchev–Trinajstić information content (AvgIpc) is 2.52. The van der Waals surface area contributed by atoms with E-state index in [9.17, 15) is 4.79 Å². The van der Waals surface area contributed by atoms with Gasteiger partial charge in [0.05, 0.1) is 6.42 Å². The highest BCUT2D eigenvalue weighted by atomic mass is 16.4. The largest absolute Gasteiger partial charge is 0.481 e. The van der Waals surface area contributed by atoms with E-state index in [1.54, 1.807) is 0 Å². The maximum absolute atomic E-state index is 10.7. The van der Waals surface area contributed by atoms with Gasteiger partial charge in [-0.25, -0.2) is 0 Å². The summed E-state index contributed by atoms with van der Waals surface area (Å²) in [6, 6.07) is 6.41. The quantitative estimate of drug-likeness (QED) is 0.882. The zero-order chi connectivity index (χ0) is 12.6. The van der Waals surface area contributed by atoms with E-state index in [4.69, 9.17) is 5.11 Å². The summed E-state index contributed by atoms with van der Waals surface area (Å²) < 4.78 is 2.09. The van der Waals surface area contributed by atoms with Crippen LogP contribution in [0.4, 0.5) is 0 Å². The highest BCUT2D eigenvalue weighted by Crippen LogP contribution is 2.24. The molecule has 17 heavy (non-hydrogen) atoms. The fraction of sp³-hybridized carbons (Fsp3) is 0.357. The van der Waals surface area contributed by atoms with Gasteiger partial charge >= 0.3 is 5.97 Å².